The molecule has 9 nitrogen and oxygen atoms in total. The summed E-state index contributed by atoms with van der Waals surface area (Å²) in [4.78, 5) is 23.4. The smallest absolute Gasteiger partial charge is 0.335 e. The molecule has 2 aromatic heterocycles. The first-order valence-electron chi connectivity index (χ1n) is 15.4. The maximum absolute atomic E-state index is 14.3. The number of carboxylic acid groups (broad SMARTS) is 1. The number of rotatable bonds is 11. The first-order valence-corrected chi connectivity index (χ1v) is 15.4. The number of hydrogen-bond acceptors (Lipinski definition) is 6. The molecule has 1 aliphatic rings. The van der Waals surface area contributed by atoms with E-state index in [1.54, 1.807) is 30.3 Å². The molecule has 1 N–H and O–H groups in total. The van der Waals surface area contributed by atoms with Gasteiger partial charge in [-0.2, -0.15) is 0 Å². The van der Waals surface area contributed by atoms with Gasteiger partial charge in [-0.05, 0) is 80.8 Å². The van der Waals surface area contributed by atoms with E-state index in [1.165, 1.54) is 6.07 Å². The third-order valence-corrected chi connectivity index (χ3v) is 8.29. The van der Waals surface area contributed by atoms with Crippen molar-refractivity contribution in [3.8, 4) is 23.8 Å². The predicted octanol–water partition coefficient (Wildman–Crippen LogP) is 6.30. The molecule has 0 aliphatic carbocycles. The van der Waals surface area contributed by atoms with Crippen molar-refractivity contribution in [2.45, 2.75) is 58.5 Å². The van der Waals surface area contributed by atoms with E-state index in [0.717, 1.165) is 59.8 Å². The fourth-order valence-corrected chi connectivity index (χ4v) is 5.84. The van der Waals surface area contributed by atoms with Crippen molar-refractivity contribution in [2.24, 2.45) is 0 Å². The molecule has 0 bridgehead atoms. The molecule has 3 aromatic carbocycles. The van der Waals surface area contributed by atoms with Gasteiger partial charge < -0.3 is 23.7 Å². The standard InChI is InChI=1S/C36H36FN5O4/c1-4-25-8-11-34(31(37)17-25)45-22-26-6-5-7-30(16-26)46-29-12-14-40(15-13-29)21-35-39-32-10-9-27(36(43)44)18-33(32)41(35)20-28-19-38-23-42(28)24(2)3/h1,5-11,16-19,23-24,29H,12-15,20-22H2,2-3H3,(H,43,44). The number of imidazole rings is 2. The summed E-state index contributed by atoms with van der Waals surface area (Å²) in [5.74, 6) is 2.75. The lowest BCUT2D eigenvalue weighted by Gasteiger charge is -2.32. The van der Waals surface area contributed by atoms with Crippen LogP contribution in [0.5, 0.6) is 11.5 Å². The van der Waals surface area contributed by atoms with Crippen molar-refractivity contribution in [2.75, 3.05) is 13.1 Å². The summed E-state index contributed by atoms with van der Waals surface area (Å²) in [6.45, 7) is 7.25. The van der Waals surface area contributed by atoms with Crippen LogP contribution in [0.4, 0.5) is 4.39 Å². The Bertz CT molecular complexity index is 1900. The van der Waals surface area contributed by atoms with E-state index >= 15 is 0 Å². The summed E-state index contributed by atoms with van der Waals surface area (Å²) in [6, 6.07) is 17.5. The van der Waals surface area contributed by atoms with Crippen LogP contribution < -0.4 is 9.47 Å². The molecule has 0 unspecified atom stereocenters. The lowest BCUT2D eigenvalue weighted by atomic mass is 10.1. The number of aromatic carboxylic acids is 1. The summed E-state index contributed by atoms with van der Waals surface area (Å²) in [6.07, 6.45) is 10.8. The number of hydrogen-bond donors (Lipinski definition) is 1. The second-order valence-corrected chi connectivity index (χ2v) is 11.8. The minimum absolute atomic E-state index is 0.0542. The Morgan fingerprint density at radius 2 is 1.93 bits per heavy atom. The lowest BCUT2D eigenvalue weighted by molar-refractivity contribution is 0.0697. The molecule has 0 saturated carbocycles. The summed E-state index contributed by atoms with van der Waals surface area (Å²) in [7, 11) is 0. The van der Waals surface area contributed by atoms with Crippen LogP contribution in [0.25, 0.3) is 11.0 Å². The second kappa shape index (κ2) is 13.5. The van der Waals surface area contributed by atoms with Crippen LogP contribution in [0.15, 0.2) is 73.2 Å². The normalized spacial score (nSPS) is 14.1. The highest BCUT2D eigenvalue weighted by atomic mass is 19.1. The summed E-state index contributed by atoms with van der Waals surface area (Å²) < 4.78 is 30.5. The minimum atomic E-state index is -0.965. The highest BCUT2D eigenvalue weighted by Crippen LogP contribution is 2.26. The zero-order chi connectivity index (χ0) is 32.2. The number of aromatic nitrogens is 4. The Morgan fingerprint density at radius 1 is 1.11 bits per heavy atom. The third-order valence-electron chi connectivity index (χ3n) is 8.29. The van der Waals surface area contributed by atoms with Crippen LogP contribution in [0.3, 0.4) is 0 Å². The van der Waals surface area contributed by atoms with Gasteiger partial charge >= 0.3 is 5.97 Å². The maximum atomic E-state index is 14.3. The van der Waals surface area contributed by atoms with Crippen LogP contribution in [0.1, 0.15) is 65.7 Å². The molecule has 6 rings (SSSR count). The Kier molecular flexibility index (Phi) is 9.04. The van der Waals surface area contributed by atoms with E-state index in [1.807, 2.05) is 36.8 Å². The average Bonchev–Trinajstić information content (AvgIpc) is 3.66. The predicted molar refractivity (Wildman–Crippen MR) is 172 cm³/mol. The van der Waals surface area contributed by atoms with Crippen molar-refractivity contribution in [1.82, 2.24) is 24.0 Å². The van der Waals surface area contributed by atoms with E-state index in [0.29, 0.717) is 18.7 Å². The minimum Gasteiger partial charge on any atom is -0.490 e. The van der Waals surface area contributed by atoms with Crippen molar-refractivity contribution in [3.63, 3.8) is 0 Å². The van der Waals surface area contributed by atoms with E-state index < -0.39 is 11.8 Å². The number of halogens is 1. The van der Waals surface area contributed by atoms with Crippen molar-refractivity contribution < 1.29 is 23.8 Å². The monoisotopic (exact) mass is 621 g/mol. The van der Waals surface area contributed by atoms with Gasteiger partial charge in [0.05, 0.1) is 41.7 Å². The molecular formula is C36H36FN5O4. The highest BCUT2D eigenvalue weighted by molar-refractivity contribution is 5.92. The van der Waals surface area contributed by atoms with Gasteiger partial charge in [0.1, 0.15) is 24.3 Å². The zero-order valence-corrected chi connectivity index (χ0v) is 25.9. The van der Waals surface area contributed by atoms with E-state index in [9.17, 15) is 14.3 Å². The fourth-order valence-electron chi connectivity index (χ4n) is 5.84. The second-order valence-electron chi connectivity index (χ2n) is 11.8. The number of carbonyl (C=O) groups is 1. The quantitative estimate of drug-likeness (QED) is 0.173. The first-order chi connectivity index (χ1) is 22.3. The van der Waals surface area contributed by atoms with Gasteiger partial charge in [0, 0.05) is 30.9 Å². The number of benzene rings is 3. The molecule has 0 atom stereocenters. The number of carboxylic acids is 1. The van der Waals surface area contributed by atoms with Gasteiger partial charge in [-0.1, -0.05) is 18.1 Å². The van der Waals surface area contributed by atoms with E-state index in [4.69, 9.17) is 20.9 Å². The van der Waals surface area contributed by atoms with E-state index in [2.05, 4.69) is 38.8 Å². The number of nitrogens with zero attached hydrogens (tertiary/aromatic N) is 5. The molecule has 3 heterocycles. The van der Waals surface area contributed by atoms with Crippen molar-refractivity contribution >= 4 is 17.0 Å². The van der Waals surface area contributed by atoms with Gasteiger partial charge in [0.2, 0.25) is 0 Å². The fraction of sp³-hybridized carbons (Fsp3) is 0.306. The molecule has 0 amide bonds. The Labute approximate surface area is 267 Å². The number of piperidine rings is 1. The molecule has 5 aromatic rings. The molecule has 46 heavy (non-hydrogen) atoms. The van der Waals surface area contributed by atoms with Gasteiger partial charge in [-0.3, -0.25) is 4.90 Å². The number of fused-ring (bicyclic) bond motifs is 1. The Balaban J connectivity index is 1.10. The molecule has 1 saturated heterocycles. The van der Waals surface area contributed by atoms with Crippen LogP contribution in [-0.4, -0.2) is 54.3 Å². The largest absolute Gasteiger partial charge is 0.490 e. The SMILES string of the molecule is C#Cc1ccc(OCc2cccc(OC3CCN(Cc4nc5ccc(C(=O)O)cc5n4Cc4cncn4C(C)C)CC3)c2)c(F)c1. The highest BCUT2D eigenvalue weighted by Gasteiger charge is 2.24. The number of terminal acetylenes is 1. The Morgan fingerprint density at radius 3 is 2.67 bits per heavy atom. The van der Waals surface area contributed by atoms with Gasteiger partial charge in [-0.25, -0.2) is 19.2 Å². The third kappa shape index (κ3) is 6.90. The van der Waals surface area contributed by atoms with Gasteiger partial charge in [0.25, 0.3) is 0 Å². The van der Waals surface area contributed by atoms with Gasteiger partial charge in [0.15, 0.2) is 11.6 Å². The maximum Gasteiger partial charge on any atom is 0.335 e. The van der Waals surface area contributed by atoms with Crippen LogP contribution in [0.2, 0.25) is 0 Å². The van der Waals surface area contributed by atoms with Crippen LogP contribution in [0, 0.1) is 18.2 Å². The molecule has 1 fully saturated rings. The van der Waals surface area contributed by atoms with Crippen LogP contribution in [-0.2, 0) is 19.7 Å². The van der Waals surface area contributed by atoms with E-state index in [-0.39, 0.29) is 30.1 Å². The summed E-state index contributed by atoms with van der Waals surface area (Å²) >= 11 is 0. The topological polar surface area (TPSA) is 94.6 Å². The summed E-state index contributed by atoms with van der Waals surface area (Å²) in [5, 5.41) is 9.63. The Hall–Kier alpha value is -5.14. The van der Waals surface area contributed by atoms with Crippen LogP contribution >= 0.6 is 0 Å². The zero-order valence-electron chi connectivity index (χ0n) is 25.9. The first kappa shape index (κ1) is 30.9. The number of likely N-dealkylation sites (tertiary alicyclic amines) is 1. The molecule has 1 aliphatic heterocycles. The van der Waals surface area contributed by atoms with Crippen molar-refractivity contribution in [3.05, 3.63) is 107 Å². The molecule has 236 valence electrons. The average molecular weight is 622 g/mol. The van der Waals surface area contributed by atoms with Gasteiger partial charge in [-0.15, -0.1) is 6.42 Å². The molecule has 0 radical (unpaired) electrons. The molecule has 10 heteroatoms. The summed E-state index contributed by atoms with van der Waals surface area (Å²) in [5.41, 5.74) is 4.17. The lowest BCUT2D eigenvalue weighted by Crippen LogP contribution is -2.38. The molecular weight excluding hydrogens is 585 g/mol. The van der Waals surface area contributed by atoms with Crippen molar-refractivity contribution in [1.29, 1.82) is 0 Å². The number of ether oxygens (including phenoxy) is 2. The molecule has 0 spiro atoms.